The van der Waals surface area contributed by atoms with Crippen LogP contribution in [0, 0.1) is 0 Å². The van der Waals surface area contributed by atoms with E-state index in [0.29, 0.717) is 13.0 Å². The van der Waals surface area contributed by atoms with E-state index in [1.165, 1.54) is 10.5 Å². The van der Waals surface area contributed by atoms with Crippen LogP contribution >= 0.6 is 35.7 Å². The highest BCUT2D eigenvalue weighted by Gasteiger charge is 2.08. The lowest BCUT2D eigenvalue weighted by molar-refractivity contribution is -0.128. The second-order valence-electron chi connectivity index (χ2n) is 5.48. The third kappa shape index (κ3) is 8.23. The Kier molecular flexibility index (Phi) is 11.9. The fourth-order valence-electron chi connectivity index (χ4n) is 2.03. The van der Waals surface area contributed by atoms with Crippen LogP contribution in [0.1, 0.15) is 18.9 Å². The molecule has 0 radical (unpaired) electrons. The number of carbonyl (C=O) groups is 1. The van der Waals surface area contributed by atoms with Gasteiger partial charge in [0.2, 0.25) is 5.91 Å². The SMILES string of the molecule is CCNC(=NCCC(=O)N(C)C)N(C)Cc1ccc(SC)cc1.I. The molecule has 1 rings (SSSR count). The van der Waals surface area contributed by atoms with Gasteiger partial charge in [0.15, 0.2) is 5.96 Å². The minimum Gasteiger partial charge on any atom is -0.357 e. The summed E-state index contributed by atoms with van der Waals surface area (Å²) in [5.41, 5.74) is 1.24. The molecule has 0 atom stereocenters. The number of guanidine groups is 1. The van der Waals surface area contributed by atoms with E-state index in [4.69, 9.17) is 0 Å². The van der Waals surface area contributed by atoms with Gasteiger partial charge in [0.1, 0.15) is 0 Å². The van der Waals surface area contributed by atoms with E-state index in [2.05, 4.69) is 45.7 Å². The molecule has 1 aromatic carbocycles. The molecule has 0 unspecified atom stereocenters. The quantitative estimate of drug-likeness (QED) is 0.292. The van der Waals surface area contributed by atoms with Crippen LogP contribution in [0.2, 0.25) is 0 Å². The zero-order valence-electron chi connectivity index (χ0n) is 15.2. The number of halogens is 1. The van der Waals surface area contributed by atoms with Gasteiger partial charge in [-0.2, -0.15) is 0 Å². The van der Waals surface area contributed by atoms with Gasteiger partial charge in [-0.1, -0.05) is 12.1 Å². The van der Waals surface area contributed by atoms with Crippen molar-refractivity contribution in [3.05, 3.63) is 29.8 Å². The van der Waals surface area contributed by atoms with E-state index in [1.54, 1.807) is 30.8 Å². The Labute approximate surface area is 167 Å². The molecule has 1 amide bonds. The molecule has 0 aliphatic rings. The zero-order valence-corrected chi connectivity index (χ0v) is 18.4. The number of hydrogen-bond acceptors (Lipinski definition) is 3. The van der Waals surface area contributed by atoms with Crippen molar-refractivity contribution in [1.82, 2.24) is 15.1 Å². The van der Waals surface area contributed by atoms with E-state index in [-0.39, 0.29) is 29.9 Å². The van der Waals surface area contributed by atoms with Crippen molar-refractivity contribution in [2.75, 3.05) is 40.5 Å². The Morgan fingerprint density at radius 1 is 1.21 bits per heavy atom. The van der Waals surface area contributed by atoms with Crippen LogP contribution in [0.4, 0.5) is 0 Å². The molecule has 0 aliphatic carbocycles. The highest BCUT2D eigenvalue weighted by Crippen LogP contribution is 2.15. The van der Waals surface area contributed by atoms with Crippen molar-refractivity contribution in [2.24, 2.45) is 4.99 Å². The van der Waals surface area contributed by atoms with Gasteiger partial charge in [-0.25, -0.2) is 0 Å². The molecule has 0 saturated heterocycles. The summed E-state index contributed by atoms with van der Waals surface area (Å²) in [6, 6.07) is 8.55. The Balaban J connectivity index is 0.00000529. The Morgan fingerprint density at radius 2 is 1.83 bits per heavy atom. The number of nitrogens with one attached hydrogen (secondary N) is 1. The van der Waals surface area contributed by atoms with Gasteiger partial charge in [-0.3, -0.25) is 9.79 Å². The number of amides is 1. The second-order valence-corrected chi connectivity index (χ2v) is 6.36. The van der Waals surface area contributed by atoms with Crippen molar-refractivity contribution in [2.45, 2.75) is 24.8 Å². The number of carbonyl (C=O) groups excluding carboxylic acids is 1. The smallest absolute Gasteiger partial charge is 0.223 e. The molecule has 24 heavy (non-hydrogen) atoms. The molecule has 1 N–H and O–H groups in total. The maximum Gasteiger partial charge on any atom is 0.223 e. The second kappa shape index (κ2) is 12.4. The summed E-state index contributed by atoms with van der Waals surface area (Å²) in [5.74, 6) is 0.924. The van der Waals surface area contributed by atoms with Crippen LogP contribution in [0.3, 0.4) is 0 Å². The minimum atomic E-state index is 0. The van der Waals surface area contributed by atoms with E-state index in [9.17, 15) is 4.79 Å². The predicted octanol–water partition coefficient (Wildman–Crippen LogP) is 2.90. The lowest BCUT2D eigenvalue weighted by Gasteiger charge is -2.22. The lowest BCUT2D eigenvalue weighted by Crippen LogP contribution is -2.38. The van der Waals surface area contributed by atoms with Crippen LogP contribution in [0.25, 0.3) is 0 Å². The largest absolute Gasteiger partial charge is 0.357 e. The Bertz CT molecular complexity index is 520. The average molecular weight is 464 g/mol. The standard InChI is InChI=1S/C17H28N4OS.HI/c1-6-18-17(19-12-11-16(22)20(2)3)21(4)13-14-7-9-15(23-5)10-8-14;/h7-10H,6,11-13H2,1-5H3,(H,18,19);1H. The van der Waals surface area contributed by atoms with Gasteiger partial charge >= 0.3 is 0 Å². The van der Waals surface area contributed by atoms with Crippen molar-refractivity contribution < 1.29 is 4.79 Å². The first-order chi connectivity index (χ1) is 11.0. The summed E-state index contributed by atoms with van der Waals surface area (Å²) in [4.78, 5) is 21.1. The first-order valence-corrected chi connectivity index (χ1v) is 9.03. The predicted molar refractivity (Wildman–Crippen MR) is 114 cm³/mol. The monoisotopic (exact) mass is 464 g/mol. The molecule has 0 aromatic heterocycles. The summed E-state index contributed by atoms with van der Waals surface area (Å²) in [7, 11) is 5.54. The number of benzene rings is 1. The highest BCUT2D eigenvalue weighted by molar-refractivity contribution is 14.0. The summed E-state index contributed by atoms with van der Waals surface area (Å²) in [6.07, 6.45) is 2.50. The fourth-order valence-corrected chi connectivity index (χ4v) is 2.44. The third-order valence-electron chi connectivity index (χ3n) is 3.36. The molecular formula is C17H29IN4OS. The zero-order chi connectivity index (χ0) is 17.2. The molecule has 0 spiro atoms. The molecule has 0 saturated carbocycles. The summed E-state index contributed by atoms with van der Waals surface area (Å²) < 4.78 is 0. The van der Waals surface area contributed by atoms with E-state index in [1.807, 2.05) is 14.0 Å². The molecular weight excluding hydrogens is 435 g/mol. The first kappa shape index (κ1) is 23.0. The molecule has 0 bridgehead atoms. The molecule has 0 heterocycles. The molecule has 7 heteroatoms. The molecule has 0 aliphatic heterocycles. The molecule has 136 valence electrons. The maximum atomic E-state index is 11.6. The topological polar surface area (TPSA) is 47.9 Å². The first-order valence-electron chi connectivity index (χ1n) is 7.80. The van der Waals surface area contributed by atoms with E-state index >= 15 is 0 Å². The van der Waals surface area contributed by atoms with Crippen molar-refractivity contribution in [1.29, 1.82) is 0 Å². The normalized spacial score (nSPS) is 10.8. The van der Waals surface area contributed by atoms with Crippen LogP contribution in [0.5, 0.6) is 0 Å². The minimum absolute atomic E-state index is 0. The van der Waals surface area contributed by atoms with E-state index in [0.717, 1.165) is 19.0 Å². The molecule has 1 aromatic rings. The summed E-state index contributed by atoms with van der Waals surface area (Å²) >= 11 is 1.74. The highest BCUT2D eigenvalue weighted by atomic mass is 127. The molecule has 0 fully saturated rings. The van der Waals surface area contributed by atoms with Gasteiger partial charge in [0, 0.05) is 45.5 Å². The Hall–Kier alpha value is -0.960. The Morgan fingerprint density at radius 3 is 2.33 bits per heavy atom. The van der Waals surface area contributed by atoms with E-state index < -0.39 is 0 Å². The van der Waals surface area contributed by atoms with Gasteiger partial charge < -0.3 is 15.1 Å². The number of thioether (sulfide) groups is 1. The number of rotatable bonds is 7. The van der Waals surface area contributed by atoms with Gasteiger partial charge in [-0.05, 0) is 30.9 Å². The van der Waals surface area contributed by atoms with Gasteiger partial charge in [-0.15, -0.1) is 35.7 Å². The fraction of sp³-hybridized carbons (Fsp3) is 0.529. The van der Waals surface area contributed by atoms with Crippen molar-refractivity contribution in [3.8, 4) is 0 Å². The van der Waals surface area contributed by atoms with Crippen LogP contribution in [0.15, 0.2) is 34.2 Å². The van der Waals surface area contributed by atoms with Crippen LogP contribution in [-0.4, -0.2) is 62.2 Å². The number of nitrogens with zero attached hydrogens (tertiary/aromatic N) is 3. The van der Waals surface area contributed by atoms with Gasteiger partial charge in [0.05, 0.1) is 6.54 Å². The molecule has 5 nitrogen and oxygen atoms in total. The maximum absolute atomic E-state index is 11.6. The average Bonchev–Trinajstić information content (AvgIpc) is 2.54. The summed E-state index contributed by atoms with van der Waals surface area (Å²) in [5, 5.41) is 3.28. The van der Waals surface area contributed by atoms with Crippen molar-refractivity contribution >= 4 is 47.6 Å². The van der Waals surface area contributed by atoms with Crippen molar-refractivity contribution in [3.63, 3.8) is 0 Å². The van der Waals surface area contributed by atoms with Crippen LogP contribution < -0.4 is 5.32 Å². The number of hydrogen-bond donors (Lipinski definition) is 1. The third-order valence-corrected chi connectivity index (χ3v) is 4.10. The lowest BCUT2D eigenvalue weighted by atomic mass is 10.2. The number of aliphatic imine (C=N–C) groups is 1. The summed E-state index contributed by atoms with van der Waals surface area (Å²) in [6.45, 7) is 4.12. The van der Waals surface area contributed by atoms with Gasteiger partial charge in [0.25, 0.3) is 0 Å². The van der Waals surface area contributed by atoms with Crippen LogP contribution in [-0.2, 0) is 11.3 Å².